The van der Waals surface area contributed by atoms with Gasteiger partial charge in [-0.05, 0) is 63.3 Å². The van der Waals surface area contributed by atoms with Crippen LogP contribution >= 0.6 is 12.4 Å². The highest BCUT2D eigenvalue weighted by molar-refractivity contribution is 5.85. The van der Waals surface area contributed by atoms with E-state index in [1.165, 1.54) is 11.1 Å². The van der Waals surface area contributed by atoms with Gasteiger partial charge in [-0.2, -0.15) is 0 Å². The van der Waals surface area contributed by atoms with Crippen molar-refractivity contribution in [2.75, 3.05) is 20.2 Å². The molecule has 2 aliphatic rings. The van der Waals surface area contributed by atoms with Crippen LogP contribution in [0.1, 0.15) is 57.2 Å². The standard InChI is InChI=1S/C19H28N2O3.ClH/c1-18(2,3)24-17(22)21-9-7-19(8-10-21)12-16(20)14-6-5-13(23-4)11-15(14)19;/h5-6,11,16H,7-10,12,20H2,1-4H3;1H. The molecule has 140 valence electrons. The van der Waals surface area contributed by atoms with Crippen molar-refractivity contribution in [2.24, 2.45) is 5.73 Å². The lowest BCUT2D eigenvalue weighted by molar-refractivity contribution is 0.0162. The molecule has 1 saturated heterocycles. The van der Waals surface area contributed by atoms with Crippen molar-refractivity contribution >= 4 is 18.5 Å². The number of likely N-dealkylation sites (tertiary alicyclic amines) is 1. The Hall–Kier alpha value is -1.46. The third-order valence-electron chi connectivity index (χ3n) is 5.21. The molecule has 3 rings (SSSR count). The highest BCUT2D eigenvalue weighted by Crippen LogP contribution is 2.50. The maximum absolute atomic E-state index is 12.3. The number of nitrogens with two attached hydrogens (primary N) is 1. The summed E-state index contributed by atoms with van der Waals surface area (Å²) in [7, 11) is 1.69. The van der Waals surface area contributed by atoms with Crippen LogP contribution in [0.2, 0.25) is 0 Å². The zero-order chi connectivity index (χ0) is 17.5. The van der Waals surface area contributed by atoms with Crippen molar-refractivity contribution in [3.63, 3.8) is 0 Å². The first kappa shape index (κ1) is 19.9. The summed E-state index contributed by atoms with van der Waals surface area (Å²) in [6.07, 6.45) is 2.56. The van der Waals surface area contributed by atoms with Crippen LogP contribution in [0.5, 0.6) is 5.75 Å². The van der Waals surface area contributed by atoms with Crippen LogP contribution in [-0.4, -0.2) is 36.8 Å². The highest BCUT2D eigenvalue weighted by Gasteiger charge is 2.45. The summed E-state index contributed by atoms with van der Waals surface area (Å²) in [5.41, 5.74) is 8.50. The normalized spacial score (nSPS) is 21.5. The lowest BCUT2D eigenvalue weighted by Crippen LogP contribution is -2.46. The summed E-state index contributed by atoms with van der Waals surface area (Å²) < 4.78 is 10.9. The van der Waals surface area contributed by atoms with Gasteiger partial charge >= 0.3 is 6.09 Å². The predicted molar refractivity (Wildman–Crippen MR) is 101 cm³/mol. The number of benzene rings is 1. The molecule has 1 spiro atoms. The number of nitrogens with zero attached hydrogens (tertiary/aromatic N) is 1. The van der Waals surface area contributed by atoms with Gasteiger partial charge in [0.2, 0.25) is 0 Å². The lowest BCUT2D eigenvalue weighted by atomic mass is 9.73. The molecule has 6 heteroatoms. The van der Waals surface area contributed by atoms with E-state index in [4.69, 9.17) is 15.2 Å². The lowest BCUT2D eigenvalue weighted by Gasteiger charge is -2.40. The van der Waals surface area contributed by atoms with Crippen LogP contribution < -0.4 is 10.5 Å². The van der Waals surface area contributed by atoms with E-state index in [2.05, 4.69) is 12.1 Å². The summed E-state index contributed by atoms with van der Waals surface area (Å²) in [5.74, 6) is 0.872. The average molecular weight is 369 g/mol. The van der Waals surface area contributed by atoms with Crippen molar-refractivity contribution < 1.29 is 14.3 Å². The summed E-state index contributed by atoms with van der Waals surface area (Å²) in [4.78, 5) is 14.1. The minimum absolute atomic E-state index is 0. The number of hydrogen-bond donors (Lipinski definition) is 1. The van der Waals surface area contributed by atoms with Crippen molar-refractivity contribution in [3.8, 4) is 5.75 Å². The first-order valence-electron chi connectivity index (χ1n) is 8.66. The molecule has 0 aromatic heterocycles. The molecule has 1 heterocycles. The number of hydrogen-bond acceptors (Lipinski definition) is 4. The maximum atomic E-state index is 12.3. The third-order valence-corrected chi connectivity index (χ3v) is 5.21. The Morgan fingerprint density at radius 3 is 2.48 bits per heavy atom. The van der Waals surface area contributed by atoms with Crippen LogP contribution in [-0.2, 0) is 10.2 Å². The van der Waals surface area contributed by atoms with Crippen molar-refractivity contribution in [2.45, 2.75) is 57.1 Å². The molecule has 1 aromatic carbocycles. The highest BCUT2D eigenvalue weighted by atomic mass is 35.5. The molecule has 5 nitrogen and oxygen atoms in total. The number of amides is 1. The van der Waals surface area contributed by atoms with Gasteiger partial charge in [-0.25, -0.2) is 4.79 Å². The molecule has 1 fully saturated rings. The van der Waals surface area contributed by atoms with E-state index >= 15 is 0 Å². The second kappa shape index (κ2) is 7.04. The Morgan fingerprint density at radius 1 is 1.28 bits per heavy atom. The molecule has 1 aliphatic heterocycles. The fourth-order valence-electron chi connectivity index (χ4n) is 4.00. The molecular weight excluding hydrogens is 340 g/mol. The smallest absolute Gasteiger partial charge is 0.410 e. The number of ether oxygens (including phenoxy) is 2. The summed E-state index contributed by atoms with van der Waals surface area (Å²) in [6, 6.07) is 6.27. The molecule has 0 radical (unpaired) electrons. The molecule has 25 heavy (non-hydrogen) atoms. The minimum atomic E-state index is -0.456. The van der Waals surface area contributed by atoms with Crippen LogP contribution in [0.25, 0.3) is 0 Å². The van der Waals surface area contributed by atoms with E-state index < -0.39 is 5.60 Å². The molecule has 1 aromatic rings. The monoisotopic (exact) mass is 368 g/mol. The van der Waals surface area contributed by atoms with Crippen LogP contribution in [0.15, 0.2) is 18.2 Å². The number of carbonyl (C=O) groups excluding carboxylic acids is 1. The van der Waals surface area contributed by atoms with E-state index in [-0.39, 0.29) is 30.0 Å². The Morgan fingerprint density at radius 2 is 1.92 bits per heavy atom. The van der Waals surface area contributed by atoms with Gasteiger partial charge in [0.25, 0.3) is 0 Å². The Kier molecular flexibility index (Phi) is 5.59. The van der Waals surface area contributed by atoms with E-state index in [1.54, 1.807) is 7.11 Å². The molecular formula is C19H29ClN2O3. The SMILES string of the molecule is COc1ccc2c(c1)C1(CCN(C(=O)OC(C)(C)C)CC1)CC2N.Cl. The van der Waals surface area contributed by atoms with Crippen molar-refractivity contribution in [3.05, 3.63) is 29.3 Å². The van der Waals surface area contributed by atoms with E-state index in [1.807, 2.05) is 31.7 Å². The van der Waals surface area contributed by atoms with Gasteiger partial charge < -0.3 is 20.1 Å². The molecule has 1 atom stereocenters. The first-order valence-corrected chi connectivity index (χ1v) is 8.66. The number of rotatable bonds is 1. The fourth-order valence-corrected chi connectivity index (χ4v) is 4.00. The largest absolute Gasteiger partial charge is 0.497 e. The molecule has 2 N–H and O–H groups in total. The second-order valence-electron chi connectivity index (χ2n) is 8.01. The van der Waals surface area contributed by atoms with Gasteiger partial charge in [0, 0.05) is 24.5 Å². The Bertz CT molecular complexity index is 634. The molecule has 0 saturated carbocycles. The van der Waals surface area contributed by atoms with E-state index in [9.17, 15) is 4.79 Å². The van der Waals surface area contributed by atoms with E-state index in [0.29, 0.717) is 13.1 Å². The van der Waals surface area contributed by atoms with Gasteiger partial charge in [-0.3, -0.25) is 0 Å². The number of halogens is 1. The van der Waals surface area contributed by atoms with Crippen molar-refractivity contribution in [1.82, 2.24) is 4.90 Å². The quantitative estimate of drug-likeness (QED) is 0.819. The number of piperidine rings is 1. The Labute approximate surface area is 156 Å². The minimum Gasteiger partial charge on any atom is -0.497 e. The topological polar surface area (TPSA) is 64.8 Å². The van der Waals surface area contributed by atoms with Gasteiger partial charge in [0.05, 0.1) is 7.11 Å². The molecule has 1 aliphatic carbocycles. The first-order chi connectivity index (χ1) is 11.2. The predicted octanol–water partition coefficient (Wildman–Crippen LogP) is 3.79. The molecule has 1 amide bonds. The summed E-state index contributed by atoms with van der Waals surface area (Å²) in [6.45, 7) is 7.11. The Balaban J connectivity index is 0.00000225. The average Bonchev–Trinajstić information content (AvgIpc) is 2.78. The zero-order valence-electron chi connectivity index (χ0n) is 15.5. The van der Waals surface area contributed by atoms with Gasteiger partial charge in [-0.1, -0.05) is 6.07 Å². The van der Waals surface area contributed by atoms with Gasteiger partial charge in [0.1, 0.15) is 11.4 Å². The van der Waals surface area contributed by atoms with Gasteiger partial charge in [0.15, 0.2) is 0 Å². The van der Waals surface area contributed by atoms with Crippen LogP contribution in [0.3, 0.4) is 0 Å². The number of fused-ring (bicyclic) bond motifs is 2. The summed E-state index contributed by atoms with van der Waals surface area (Å²) in [5, 5.41) is 0. The van der Waals surface area contributed by atoms with Crippen molar-refractivity contribution in [1.29, 1.82) is 0 Å². The summed E-state index contributed by atoms with van der Waals surface area (Å²) >= 11 is 0. The fraction of sp³-hybridized carbons (Fsp3) is 0.632. The molecule has 1 unspecified atom stereocenters. The second-order valence-corrected chi connectivity index (χ2v) is 8.01. The van der Waals surface area contributed by atoms with Crippen LogP contribution in [0.4, 0.5) is 4.79 Å². The van der Waals surface area contributed by atoms with E-state index in [0.717, 1.165) is 25.0 Å². The third kappa shape index (κ3) is 3.87. The molecule has 0 bridgehead atoms. The number of methoxy groups -OCH3 is 1. The zero-order valence-corrected chi connectivity index (χ0v) is 16.3. The van der Waals surface area contributed by atoms with Gasteiger partial charge in [-0.15, -0.1) is 12.4 Å². The van der Waals surface area contributed by atoms with Crippen LogP contribution in [0, 0.1) is 0 Å². The maximum Gasteiger partial charge on any atom is 0.410 e. The number of carbonyl (C=O) groups is 1.